The van der Waals surface area contributed by atoms with Gasteiger partial charge in [-0.25, -0.2) is 8.42 Å². The monoisotopic (exact) mass is 255 g/mol. The van der Waals surface area contributed by atoms with E-state index >= 15 is 0 Å². The average molecular weight is 255 g/mol. The van der Waals surface area contributed by atoms with Crippen molar-refractivity contribution in [1.29, 1.82) is 0 Å². The molecule has 5 heteroatoms. The fourth-order valence-electron chi connectivity index (χ4n) is 1.81. The standard InChI is InChI=1S/C12H17NO3S/c1-17(14,15)12-4-2-10(3-5-12)8-13-11-6-7-16-9-11/h2-5,11,13H,6-9H2,1H3. The van der Waals surface area contributed by atoms with Gasteiger partial charge in [-0.2, -0.15) is 0 Å². The molecule has 0 radical (unpaired) electrons. The first-order chi connectivity index (χ1) is 8.05. The van der Waals surface area contributed by atoms with Crippen LogP contribution < -0.4 is 5.32 Å². The lowest BCUT2D eigenvalue weighted by Gasteiger charge is -2.10. The van der Waals surface area contributed by atoms with Crippen molar-refractivity contribution in [2.75, 3.05) is 19.5 Å². The first-order valence-corrected chi connectivity index (χ1v) is 7.55. The van der Waals surface area contributed by atoms with E-state index in [0.29, 0.717) is 10.9 Å². The Morgan fingerprint density at radius 2 is 2.06 bits per heavy atom. The fraction of sp³-hybridized carbons (Fsp3) is 0.500. The smallest absolute Gasteiger partial charge is 0.175 e. The summed E-state index contributed by atoms with van der Waals surface area (Å²) < 4.78 is 27.8. The van der Waals surface area contributed by atoms with E-state index in [4.69, 9.17) is 4.74 Å². The molecule has 1 fully saturated rings. The molecule has 94 valence electrons. The maximum absolute atomic E-state index is 11.3. The largest absolute Gasteiger partial charge is 0.380 e. The average Bonchev–Trinajstić information content (AvgIpc) is 2.78. The Bertz CT molecular complexity index is 461. The Morgan fingerprint density at radius 3 is 2.59 bits per heavy atom. The third kappa shape index (κ3) is 3.52. The molecule has 1 unspecified atom stereocenters. The Morgan fingerprint density at radius 1 is 1.35 bits per heavy atom. The van der Waals surface area contributed by atoms with E-state index in [2.05, 4.69) is 5.32 Å². The molecule has 1 heterocycles. The second-order valence-corrected chi connectivity index (χ2v) is 6.37. The molecule has 2 rings (SSSR count). The van der Waals surface area contributed by atoms with E-state index in [1.807, 2.05) is 12.1 Å². The second kappa shape index (κ2) is 5.16. The van der Waals surface area contributed by atoms with Crippen molar-refractivity contribution in [3.8, 4) is 0 Å². The van der Waals surface area contributed by atoms with Crippen LogP contribution in [0, 0.1) is 0 Å². The number of hydrogen-bond acceptors (Lipinski definition) is 4. The third-order valence-corrected chi connectivity index (χ3v) is 4.00. The van der Waals surface area contributed by atoms with E-state index in [0.717, 1.165) is 31.7 Å². The number of ether oxygens (including phenoxy) is 1. The van der Waals surface area contributed by atoms with Gasteiger partial charge in [-0.1, -0.05) is 12.1 Å². The number of rotatable bonds is 4. The van der Waals surface area contributed by atoms with E-state index in [1.165, 1.54) is 6.26 Å². The Balaban J connectivity index is 1.94. The molecule has 1 aliphatic heterocycles. The zero-order chi connectivity index (χ0) is 12.3. The normalized spacial score (nSPS) is 20.6. The van der Waals surface area contributed by atoms with Gasteiger partial charge in [0.1, 0.15) is 0 Å². The predicted molar refractivity (Wildman–Crippen MR) is 65.6 cm³/mol. The molecular formula is C12H17NO3S. The van der Waals surface area contributed by atoms with Crippen LogP contribution in [0.15, 0.2) is 29.2 Å². The van der Waals surface area contributed by atoms with Crippen molar-refractivity contribution in [1.82, 2.24) is 5.32 Å². The zero-order valence-corrected chi connectivity index (χ0v) is 10.7. The molecule has 0 spiro atoms. The zero-order valence-electron chi connectivity index (χ0n) is 9.85. The number of benzene rings is 1. The lowest BCUT2D eigenvalue weighted by molar-refractivity contribution is 0.190. The SMILES string of the molecule is CS(=O)(=O)c1ccc(CNC2CCOC2)cc1. The molecule has 1 aromatic rings. The summed E-state index contributed by atoms with van der Waals surface area (Å²) in [5.74, 6) is 0. The van der Waals surface area contributed by atoms with E-state index in [-0.39, 0.29) is 0 Å². The molecule has 0 amide bonds. The summed E-state index contributed by atoms with van der Waals surface area (Å²) in [4.78, 5) is 0.366. The van der Waals surface area contributed by atoms with Crippen LogP contribution in [-0.2, 0) is 21.1 Å². The van der Waals surface area contributed by atoms with Crippen molar-refractivity contribution >= 4 is 9.84 Å². The molecular weight excluding hydrogens is 238 g/mol. The van der Waals surface area contributed by atoms with Gasteiger partial charge in [0, 0.05) is 25.4 Å². The summed E-state index contributed by atoms with van der Waals surface area (Å²) in [5, 5.41) is 3.38. The second-order valence-electron chi connectivity index (χ2n) is 4.36. The quantitative estimate of drug-likeness (QED) is 0.871. The van der Waals surface area contributed by atoms with Gasteiger partial charge in [0.25, 0.3) is 0 Å². The maximum atomic E-state index is 11.3. The molecule has 1 atom stereocenters. The van der Waals surface area contributed by atoms with Crippen LogP contribution in [0.25, 0.3) is 0 Å². The lowest BCUT2D eigenvalue weighted by atomic mass is 10.2. The number of sulfone groups is 1. The van der Waals surface area contributed by atoms with Crippen molar-refractivity contribution in [2.45, 2.75) is 23.9 Å². The van der Waals surface area contributed by atoms with Crippen molar-refractivity contribution < 1.29 is 13.2 Å². The topological polar surface area (TPSA) is 55.4 Å². The Labute approximate surface area is 102 Å². The minimum absolute atomic E-state index is 0.366. The number of nitrogens with one attached hydrogen (secondary N) is 1. The minimum atomic E-state index is -3.09. The summed E-state index contributed by atoms with van der Waals surface area (Å²) in [5.41, 5.74) is 1.09. The summed E-state index contributed by atoms with van der Waals surface area (Å²) in [7, 11) is -3.09. The highest BCUT2D eigenvalue weighted by Gasteiger charge is 2.14. The summed E-state index contributed by atoms with van der Waals surface area (Å²) in [6.07, 6.45) is 2.26. The highest BCUT2D eigenvalue weighted by Crippen LogP contribution is 2.11. The van der Waals surface area contributed by atoms with E-state index < -0.39 is 9.84 Å². The highest BCUT2D eigenvalue weighted by molar-refractivity contribution is 7.90. The Kier molecular flexibility index (Phi) is 3.81. The minimum Gasteiger partial charge on any atom is -0.380 e. The van der Waals surface area contributed by atoms with Gasteiger partial charge in [0.2, 0.25) is 0 Å². The highest BCUT2D eigenvalue weighted by atomic mass is 32.2. The van der Waals surface area contributed by atoms with Gasteiger partial charge in [-0.3, -0.25) is 0 Å². The van der Waals surface area contributed by atoms with Gasteiger partial charge in [-0.15, -0.1) is 0 Å². The molecule has 4 nitrogen and oxygen atoms in total. The fourth-order valence-corrected chi connectivity index (χ4v) is 2.44. The molecule has 0 saturated carbocycles. The van der Waals surface area contributed by atoms with Crippen LogP contribution in [0.1, 0.15) is 12.0 Å². The molecule has 0 aromatic heterocycles. The van der Waals surface area contributed by atoms with E-state index in [1.54, 1.807) is 12.1 Å². The van der Waals surface area contributed by atoms with Crippen LogP contribution in [0.3, 0.4) is 0 Å². The van der Waals surface area contributed by atoms with Gasteiger partial charge in [0.05, 0.1) is 11.5 Å². The molecule has 1 saturated heterocycles. The van der Waals surface area contributed by atoms with Gasteiger partial charge in [-0.05, 0) is 24.1 Å². The maximum Gasteiger partial charge on any atom is 0.175 e. The molecule has 1 aromatic carbocycles. The Hall–Kier alpha value is -0.910. The van der Waals surface area contributed by atoms with Gasteiger partial charge in [0.15, 0.2) is 9.84 Å². The third-order valence-electron chi connectivity index (χ3n) is 2.88. The van der Waals surface area contributed by atoms with Crippen molar-refractivity contribution in [3.63, 3.8) is 0 Å². The molecule has 0 bridgehead atoms. The van der Waals surface area contributed by atoms with Crippen LogP contribution in [0.2, 0.25) is 0 Å². The summed E-state index contributed by atoms with van der Waals surface area (Å²) in [6, 6.07) is 7.41. The van der Waals surface area contributed by atoms with Gasteiger partial charge >= 0.3 is 0 Å². The first kappa shape index (κ1) is 12.5. The van der Waals surface area contributed by atoms with Gasteiger partial charge < -0.3 is 10.1 Å². The summed E-state index contributed by atoms with van der Waals surface area (Å²) >= 11 is 0. The predicted octanol–water partition coefficient (Wildman–Crippen LogP) is 0.969. The molecule has 17 heavy (non-hydrogen) atoms. The van der Waals surface area contributed by atoms with Crippen LogP contribution in [0.4, 0.5) is 0 Å². The van der Waals surface area contributed by atoms with Crippen molar-refractivity contribution in [3.05, 3.63) is 29.8 Å². The van der Waals surface area contributed by atoms with Crippen LogP contribution >= 0.6 is 0 Å². The van der Waals surface area contributed by atoms with Crippen molar-refractivity contribution in [2.24, 2.45) is 0 Å². The molecule has 1 N–H and O–H groups in total. The number of hydrogen-bond donors (Lipinski definition) is 1. The van der Waals surface area contributed by atoms with E-state index in [9.17, 15) is 8.42 Å². The molecule has 1 aliphatic rings. The lowest BCUT2D eigenvalue weighted by Crippen LogP contribution is -2.28. The molecule has 0 aliphatic carbocycles. The summed E-state index contributed by atoms with van der Waals surface area (Å²) in [6.45, 7) is 2.34. The first-order valence-electron chi connectivity index (χ1n) is 5.66. The van der Waals surface area contributed by atoms with Crippen LogP contribution in [-0.4, -0.2) is 33.9 Å². The van der Waals surface area contributed by atoms with Crippen LogP contribution in [0.5, 0.6) is 0 Å².